The van der Waals surface area contributed by atoms with Gasteiger partial charge in [0, 0.05) is 55.7 Å². The second-order valence-electron chi connectivity index (χ2n) is 12.6. The van der Waals surface area contributed by atoms with Crippen LogP contribution in [0.3, 0.4) is 0 Å². The van der Waals surface area contributed by atoms with Crippen LogP contribution in [0.15, 0.2) is 77.1 Å². The van der Waals surface area contributed by atoms with Crippen molar-refractivity contribution in [3.63, 3.8) is 0 Å². The van der Waals surface area contributed by atoms with Gasteiger partial charge >= 0.3 is 5.97 Å². The van der Waals surface area contributed by atoms with Gasteiger partial charge in [-0.15, -0.1) is 0 Å². The zero-order valence-electron chi connectivity index (χ0n) is 31.6. The number of para-hydroxylation sites is 1. The molecule has 2 aromatic heterocycles. The number of ether oxygens (including phenoxy) is 1. The number of carbonyl (C=O) groups excluding carboxylic acids is 2. The minimum Gasteiger partial charge on any atom is -0.496 e. The van der Waals surface area contributed by atoms with Crippen LogP contribution in [0.1, 0.15) is 102 Å². The fourth-order valence-corrected chi connectivity index (χ4v) is 5.81. The van der Waals surface area contributed by atoms with Crippen molar-refractivity contribution in [2.75, 3.05) is 26.7 Å². The maximum absolute atomic E-state index is 11.4. The number of aliphatic imine (C=N–C) groups is 1. The minimum atomic E-state index is -1.00. The van der Waals surface area contributed by atoms with Crippen LogP contribution in [0.2, 0.25) is 0 Å². The predicted molar refractivity (Wildman–Crippen MR) is 204 cm³/mol. The molecule has 0 radical (unpaired) electrons. The monoisotopic (exact) mass is 697 g/mol. The highest BCUT2D eigenvalue weighted by Gasteiger charge is 2.29. The Labute approximate surface area is 303 Å². The molecule has 274 valence electrons. The quantitative estimate of drug-likeness (QED) is 0.214. The van der Waals surface area contributed by atoms with Gasteiger partial charge in [0.15, 0.2) is 5.78 Å². The van der Waals surface area contributed by atoms with Crippen molar-refractivity contribution in [1.29, 1.82) is 0 Å². The summed E-state index contributed by atoms with van der Waals surface area (Å²) in [7, 11) is 1.71. The molecule has 51 heavy (non-hydrogen) atoms. The van der Waals surface area contributed by atoms with Crippen LogP contribution in [-0.2, 0) is 22.6 Å². The number of methoxy groups -OCH3 is 1. The molecule has 1 aliphatic carbocycles. The third-order valence-electron chi connectivity index (χ3n) is 8.76. The number of pyridine rings is 1. The summed E-state index contributed by atoms with van der Waals surface area (Å²) in [5.74, 6) is 0.982. The van der Waals surface area contributed by atoms with Gasteiger partial charge in [-0.25, -0.2) is 9.78 Å². The fourth-order valence-electron chi connectivity index (χ4n) is 5.81. The first-order valence-electron chi connectivity index (χ1n) is 18.2. The van der Waals surface area contributed by atoms with E-state index in [1.165, 1.54) is 17.2 Å². The Morgan fingerprint density at radius 2 is 1.69 bits per heavy atom. The van der Waals surface area contributed by atoms with Crippen molar-refractivity contribution in [3.05, 3.63) is 89.0 Å². The molecule has 10 heteroatoms. The number of ketones is 2. The van der Waals surface area contributed by atoms with Gasteiger partial charge in [-0.1, -0.05) is 76.6 Å². The Hall–Kier alpha value is -4.70. The Kier molecular flexibility index (Phi) is 16.2. The van der Waals surface area contributed by atoms with Gasteiger partial charge in [0.25, 0.3) is 0 Å². The van der Waals surface area contributed by atoms with Gasteiger partial charge in [0.05, 0.1) is 31.6 Å². The lowest BCUT2D eigenvalue weighted by Crippen LogP contribution is -2.47. The minimum absolute atomic E-state index is 0.0829. The highest BCUT2D eigenvalue weighted by Crippen LogP contribution is 2.34. The number of likely N-dealkylation sites (tertiary alicyclic amines) is 1. The summed E-state index contributed by atoms with van der Waals surface area (Å²) in [6, 6.07) is 11.6. The van der Waals surface area contributed by atoms with Crippen LogP contribution in [0.5, 0.6) is 5.75 Å². The number of aryl methyl sites for hydroxylation is 1. The van der Waals surface area contributed by atoms with Crippen LogP contribution in [-0.4, -0.2) is 74.8 Å². The molecule has 6 rings (SSSR count). The Morgan fingerprint density at radius 3 is 2.27 bits per heavy atom. The number of benzene rings is 1. The SMILES string of the molecule is CC.CCC(=O)C1=NCC=C(C)C=C1C.CCC(=O)C1CC1.CCc1cccc(-c2cnn(C3CN(Cc4cccc(C(=O)O)n4)C3)c2)c1OC. The molecule has 0 amide bonds. The number of carboxylic acid groups (broad SMARTS) is 1. The average molecular weight is 698 g/mol. The van der Waals surface area contributed by atoms with Gasteiger partial charge in [-0.3, -0.25) is 24.2 Å². The van der Waals surface area contributed by atoms with E-state index >= 15 is 0 Å². The number of carbonyl (C=O) groups is 3. The second kappa shape index (κ2) is 20.2. The van der Waals surface area contributed by atoms with Crippen molar-refractivity contribution in [3.8, 4) is 16.9 Å². The second-order valence-corrected chi connectivity index (χ2v) is 12.6. The number of aromatic nitrogens is 3. The normalized spacial score (nSPS) is 15.4. The van der Waals surface area contributed by atoms with Gasteiger partial charge in [0.1, 0.15) is 22.9 Å². The number of rotatable bonds is 11. The van der Waals surface area contributed by atoms with Crippen molar-refractivity contribution in [1.82, 2.24) is 19.7 Å². The largest absolute Gasteiger partial charge is 0.496 e. The molecular weight excluding hydrogens is 642 g/mol. The van der Waals surface area contributed by atoms with Crippen LogP contribution in [0, 0.1) is 5.92 Å². The smallest absolute Gasteiger partial charge is 0.354 e. The van der Waals surface area contributed by atoms with Crippen molar-refractivity contribution < 1.29 is 24.2 Å². The number of carboxylic acids is 1. The van der Waals surface area contributed by atoms with E-state index in [0.29, 0.717) is 43.0 Å². The molecule has 3 aliphatic rings. The zero-order valence-corrected chi connectivity index (χ0v) is 31.6. The van der Waals surface area contributed by atoms with Gasteiger partial charge in [-0.05, 0) is 56.4 Å². The number of hydrogen-bond acceptors (Lipinski definition) is 8. The molecule has 0 unspecified atom stereocenters. The lowest BCUT2D eigenvalue weighted by molar-refractivity contribution is -0.120. The third-order valence-corrected chi connectivity index (χ3v) is 8.76. The summed E-state index contributed by atoms with van der Waals surface area (Å²) in [4.78, 5) is 43.8. The molecule has 1 N–H and O–H groups in total. The molecule has 1 aromatic carbocycles. The molecule has 1 saturated heterocycles. The standard InChI is InChI=1S/C22H24N4O3.C11H15NO.C6H10O.C2H6/c1-3-15-6-4-8-19(21(15)29-2)16-10-23-26(11-16)18-13-25(14-18)12-17-7-5-9-20(24-17)22(27)28;1-4-10(13)11-9(3)7-8(2)5-6-12-11;1-2-6(7)5-3-4-5;1-2/h4-11,18H,3,12-14H2,1-2H3,(H,27,28);5,7H,4,6H2,1-3H3;5H,2-4H2,1H3;1-2H3. The summed E-state index contributed by atoms with van der Waals surface area (Å²) in [5.41, 5.74) is 6.96. The maximum atomic E-state index is 11.4. The fraction of sp³-hybridized carbons (Fsp3) is 0.463. The molecule has 10 nitrogen and oxygen atoms in total. The number of Topliss-reactive ketones (excluding diaryl/α,β-unsaturated/α-hetero) is 2. The van der Waals surface area contributed by atoms with Crippen LogP contribution in [0.25, 0.3) is 11.1 Å². The van der Waals surface area contributed by atoms with Crippen LogP contribution in [0.4, 0.5) is 0 Å². The van der Waals surface area contributed by atoms with E-state index in [1.807, 2.05) is 70.6 Å². The van der Waals surface area contributed by atoms with Crippen molar-refractivity contribution >= 4 is 23.2 Å². The van der Waals surface area contributed by atoms with Gasteiger partial charge in [-0.2, -0.15) is 5.10 Å². The molecule has 2 fully saturated rings. The van der Waals surface area contributed by atoms with Crippen molar-refractivity contribution in [2.24, 2.45) is 10.9 Å². The van der Waals surface area contributed by atoms with Crippen molar-refractivity contribution in [2.45, 2.75) is 93.2 Å². The topological polar surface area (TPSA) is 127 Å². The summed E-state index contributed by atoms with van der Waals surface area (Å²) in [6.45, 7) is 16.9. The number of allylic oxidation sites excluding steroid dienone is 3. The average Bonchev–Trinajstić information content (AvgIpc) is 3.91. The first kappa shape index (κ1) is 40.7. The van der Waals surface area contributed by atoms with Crippen LogP contribution >= 0.6 is 0 Å². The number of hydrogen-bond donors (Lipinski definition) is 1. The van der Waals surface area contributed by atoms with E-state index in [4.69, 9.17) is 9.84 Å². The van der Waals surface area contributed by atoms with Gasteiger partial charge in [0.2, 0.25) is 0 Å². The molecule has 4 heterocycles. The Balaban J connectivity index is 0.000000262. The summed E-state index contributed by atoms with van der Waals surface area (Å²) in [5, 5.41) is 13.6. The first-order chi connectivity index (χ1) is 24.6. The Morgan fingerprint density at radius 1 is 0.980 bits per heavy atom. The lowest BCUT2D eigenvalue weighted by Gasteiger charge is -2.39. The summed E-state index contributed by atoms with van der Waals surface area (Å²) < 4.78 is 7.65. The van der Waals surface area contributed by atoms with E-state index in [2.05, 4.69) is 51.3 Å². The van der Waals surface area contributed by atoms with E-state index < -0.39 is 5.97 Å². The highest BCUT2D eigenvalue weighted by atomic mass is 16.5. The van der Waals surface area contributed by atoms with Crippen LogP contribution < -0.4 is 4.74 Å². The molecule has 3 aromatic rings. The predicted octanol–water partition coefficient (Wildman–Crippen LogP) is 7.99. The molecule has 0 spiro atoms. The number of nitrogens with zero attached hydrogens (tertiary/aromatic N) is 5. The zero-order chi connectivity index (χ0) is 37.5. The third kappa shape index (κ3) is 11.7. The summed E-state index contributed by atoms with van der Waals surface area (Å²) in [6.07, 6.45) is 12.5. The summed E-state index contributed by atoms with van der Waals surface area (Å²) >= 11 is 0. The molecule has 1 saturated carbocycles. The molecular formula is C41H55N5O5. The van der Waals surface area contributed by atoms with E-state index in [-0.39, 0.29) is 11.5 Å². The first-order valence-corrected chi connectivity index (χ1v) is 18.2. The molecule has 0 bridgehead atoms. The number of aromatic carboxylic acids is 1. The molecule has 0 atom stereocenters. The van der Waals surface area contributed by atoms with Gasteiger partial charge < -0.3 is 9.84 Å². The Bertz CT molecular complexity index is 1730. The van der Waals surface area contributed by atoms with E-state index in [9.17, 15) is 14.4 Å². The highest BCUT2D eigenvalue weighted by molar-refractivity contribution is 6.46. The van der Waals surface area contributed by atoms with E-state index in [1.54, 1.807) is 13.2 Å². The lowest BCUT2D eigenvalue weighted by atomic mass is 10.0. The molecule has 2 aliphatic heterocycles. The maximum Gasteiger partial charge on any atom is 0.354 e. The van der Waals surface area contributed by atoms with E-state index in [0.717, 1.165) is 66.9 Å².